The number of carbonyl (C=O) groups is 1. The average Bonchev–Trinajstić information content (AvgIpc) is 2.69. The van der Waals surface area contributed by atoms with Gasteiger partial charge in [0.1, 0.15) is 6.17 Å². The van der Waals surface area contributed by atoms with Gasteiger partial charge in [-0.05, 0) is 42.7 Å². The molecule has 1 atom stereocenters. The summed E-state index contributed by atoms with van der Waals surface area (Å²) < 4.78 is 0. The molecule has 0 aliphatic carbocycles. The number of halogens is 1. The van der Waals surface area contributed by atoms with Crippen LogP contribution in [0.3, 0.4) is 0 Å². The molecule has 0 saturated carbocycles. The third kappa shape index (κ3) is 6.97. The Kier molecular flexibility index (Phi) is 8.31. The molecule has 1 aromatic carbocycles. The van der Waals surface area contributed by atoms with Gasteiger partial charge in [0.2, 0.25) is 5.96 Å². The summed E-state index contributed by atoms with van der Waals surface area (Å²) in [5, 5.41) is 18.2. The number of amides is 1. The molecule has 0 aliphatic rings. The highest BCUT2D eigenvalue weighted by molar-refractivity contribution is 7.98. The zero-order valence-electron chi connectivity index (χ0n) is 16.4. The Morgan fingerprint density at radius 2 is 2.07 bits per heavy atom. The number of hydrogen-bond donors (Lipinski definition) is 3. The number of thioether (sulfide) groups is 1. The number of anilines is 1. The van der Waals surface area contributed by atoms with Crippen LogP contribution in [0.15, 0.2) is 53.8 Å². The molecule has 1 aromatic heterocycles. The monoisotopic (exact) mass is 430 g/mol. The summed E-state index contributed by atoms with van der Waals surface area (Å²) in [6.45, 7) is 4.02. The minimum Gasteiger partial charge on any atom is -0.330 e. The maximum Gasteiger partial charge on any atom is 0.252 e. The highest BCUT2D eigenvalue weighted by Crippen LogP contribution is 2.26. The quantitative estimate of drug-likeness (QED) is 0.268. The Morgan fingerprint density at radius 1 is 1.34 bits per heavy atom. The van der Waals surface area contributed by atoms with Crippen LogP contribution in [0, 0.1) is 16.9 Å². The van der Waals surface area contributed by atoms with Gasteiger partial charge in [-0.15, -0.1) is 0 Å². The maximum absolute atomic E-state index is 12.8. The highest BCUT2D eigenvalue weighted by Gasteiger charge is 2.31. The van der Waals surface area contributed by atoms with Gasteiger partial charge in [0, 0.05) is 28.0 Å². The van der Waals surface area contributed by atoms with E-state index in [0.717, 1.165) is 5.75 Å². The minimum absolute atomic E-state index is 0.219. The van der Waals surface area contributed by atoms with Crippen LogP contribution < -0.4 is 16.0 Å². The second-order valence-electron chi connectivity index (χ2n) is 6.89. The van der Waals surface area contributed by atoms with E-state index in [4.69, 9.17) is 16.9 Å². The van der Waals surface area contributed by atoms with Gasteiger partial charge in [-0.3, -0.25) is 15.1 Å². The molecule has 3 N–H and O–H groups in total. The molecule has 29 heavy (non-hydrogen) atoms. The molecule has 2 aromatic rings. The molecule has 1 unspecified atom stereocenters. The van der Waals surface area contributed by atoms with Gasteiger partial charge in [-0.25, -0.2) is 4.99 Å². The normalized spacial score (nSPS) is 12.6. The predicted octanol–water partition coefficient (Wildman–Crippen LogP) is 3.72. The number of aliphatic imine (C=N–C) groups is 1. The van der Waals surface area contributed by atoms with Crippen LogP contribution in [0.5, 0.6) is 0 Å². The van der Waals surface area contributed by atoms with Crippen molar-refractivity contribution >= 4 is 40.9 Å². The second kappa shape index (κ2) is 10.7. The van der Waals surface area contributed by atoms with E-state index in [0.29, 0.717) is 16.3 Å². The standard InChI is InChI=1S/C20H23ClN6OS/c1-20(2,12-29-3)18(26-17(28)14-6-8-15(21)9-7-14)27-19(24-13-22)25-16-5-4-10-23-11-16/h4-11,18H,12H2,1-3H3,(H,26,28)(H2,24,25,27). The van der Waals surface area contributed by atoms with Gasteiger partial charge < -0.3 is 10.6 Å². The van der Waals surface area contributed by atoms with E-state index >= 15 is 0 Å². The minimum atomic E-state index is -0.599. The second-order valence-corrected chi connectivity index (χ2v) is 8.19. The summed E-state index contributed by atoms with van der Waals surface area (Å²) in [5.74, 6) is 0.688. The molecule has 1 amide bonds. The van der Waals surface area contributed by atoms with Gasteiger partial charge in [0.05, 0.1) is 11.9 Å². The third-order valence-electron chi connectivity index (χ3n) is 3.99. The summed E-state index contributed by atoms with van der Waals surface area (Å²) in [6, 6.07) is 10.2. The number of nitrogens with one attached hydrogen (secondary N) is 3. The molecule has 2 rings (SSSR count). The van der Waals surface area contributed by atoms with Crippen molar-refractivity contribution in [3.63, 3.8) is 0 Å². The van der Waals surface area contributed by atoms with Crippen molar-refractivity contribution in [1.29, 1.82) is 5.26 Å². The lowest BCUT2D eigenvalue weighted by molar-refractivity contribution is 0.0908. The SMILES string of the molecule is CSCC(C)(C)C(/N=C(\NC#N)Nc1cccnc1)NC(=O)c1ccc(Cl)cc1. The predicted molar refractivity (Wildman–Crippen MR) is 119 cm³/mol. The smallest absolute Gasteiger partial charge is 0.252 e. The lowest BCUT2D eigenvalue weighted by Crippen LogP contribution is -2.47. The molecular formula is C20H23ClN6OS. The van der Waals surface area contributed by atoms with Crippen molar-refractivity contribution in [2.75, 3.05) is 17.3 Å². The first-order valence-corrected chi connectivity index (χ1v) is 10.6. The largest absolute Gasteiger partial charge is 0.330 e. The molecule has 0 saturated heterocycles. The van der Waals surface area contributed by atoms with Crippen LogP contribution in [0.25, 0.3) is 0 Å². The van der Waals surface area contributed by atoms with Gasteiger partial charge in [-0.2, -0.15) is 17.0 Å². The number of benzene rings is 1. The van der Waals surface area contributed by atoms with E-state index < -0.39 is 6.17 Å². The van der Waals surface area contributed by atoms with Crippen molar-refractivity contribution < 1.29 is 4.79 Å². The number of rotatable bonds is 7. The first-order chi connectivity index (χ1) is 13.9. The molecule has 0 radical (unpaired) electrons. The Bertz CT molecular complexity index is 880. The van der Waals surface area contributed by atoms with E-state index in [2.05, 4.69) is 25.9 Å². The fourth-order valence-corrected chi connectivity index (χ4v) is 3.54. The van der Waals surface area contributed by atoms with Crippen LogP contribution >= 0.6 is 23.4 Å². The number of nitrogens with zero attached hydrogens (tertiary/aromatic N) is 3. The zero-order chi connectivity index (χ0) is 21.3. The van der Waals surface area contributed by atoms with E-state index in [9.17, 15) is 4.79 Å². The van der Waals surface area contributed by atoms with E-state index in [1.807, 2.05) is 26.3 Å². The van der Waals surface area contributed by atoms with Crippen LogP contribution in [0.2, 0.25) is 5.02 Å². The summed E-state index contributed by atoms with van der Waals surface area (Å²) in [6.07, 6.45) is 6.53. The van der Waals surface area contributed by atoms with Crippen LogP contribution in [-0.4, -0.2) is 35.0 Å². The fraction of sp³-hybridized carbons (Fsp3) is 0.300. The molecule has 0 aliphatic heterocycles. The maximum atomic E-state index is 12.8. The van der Waals surface area contributed by atoms with E-state index in [1.165, 1.54) is 0 Å². The number of nitriles is 1. The number of guanidine groups is 1. The molecule has 0 bridgehead atoms. The molecule has 0 spiro atoms. The van der Waals surface area contributed by atoms with Crippen molar-refractivity contribution in [3.05, 3.63) is 59.4 Å². The summed E-state index contributed by atoms with van der Waals surface area (Å²) >= 11 is 7.56. The van der Waals surface area contributed by atoms with Crippen LogP contribution in [-0.2, 0) is 0 Å². The number of hydrogen-bond acceptors (Lipinski definition) is 5. The Balaban J connectivity index is 2.32. The van der Waals surface area contributed by atoms with Gasteiger partial charge in [0.25, 0.3) is 5.91 Å². The molecular weight excluding hydrogens is 408 g/mol. The van der Waals surface area contributed by atoms with Crippen molar-refractivity contribution in [2.45, 2.75) is 20.0 Å². The Hall–Kier alpha value is -2.76. The topological polar surface area (TPSA) is 102 Å². The highest BCUT2D eigenvalue weighted by atomic mass is 35.5. The van der Waals surface area contributed by atoms with Crippen LogP contribution in [0.4, 0.5) is 5.69 Å². The van der Waals surface area contributed by atoms with Crippen LogP contribution in [0.1, 0.15) is 24.2 Å². The van der Waals surface area contributed by atoms with Crippen molar-refractivity contribution in [2.24, 2.45) is 10.4 Å². The lowest BCUT2D eigenvalue weighted by atomic mass is 9.92. The van der Waals surface area contributed by atoms with Crippen molar-refractivity contribution in [1.82, 2.24) is 15.6 Å². The molecule has 152 valence electrons. The number of pyridine rings is 1. The Morgan fingerprint density at radius 3 is 2.66 bits per heavy atom. The molecule has 0 fully saturated rings. The first kappa shape index (κ1) is 22.5. The Labute approximate surface area is 180 Å². The average molecular weight is 431 g/mol. The summed E-state index contributed by atoms with van der Waals surface area (Å²) in [5.41, 5.74) is 0.754. The third-order valence-corrected chi connectivity index (χ3v) is 5.27. The molecule has 9 heteroatoms. The summed E-state index contributed by atoms with van der Waals surface area (Å²) in [4.78, 5) is 21.4. The lowest BCUT2D eigenvalue weighted by Gasteiger charge is -2.32. The number of aromatic nitrogens is 1. The van der Waals surface area contributed by atoms with E-state index in [-0.39, 0.29) is 17.3 Å². The molecule has 7 nitrogen and oxygen atoms in total. The van der Waals surface area contributed by atoms with Crippen molar-refractivity contribution in [3.8, 4) is 6.19 Å². The van der Waals surface area contributed by atoms with Gasteiger partial charge in [0.15, 0.2) is 6.19 Å². The first-order valence-electron chi connectivity index (χ1n) is 8.81. The molecule has 1 heterocycles. The fourth-order valence-electron chi connectivity index (χ4n) is 2.51. The number of carbonyl (C=O) groups excluding carboxylic acids is 1. The van der Waals surface area contributed by atoms with Gasteiger partial charge >= 0.3 is 0 Å². The van der Waals surface area contributed by atoms with E-state index in [1.54, 1.807) is 60.6 Å². The van der Waals surface area contributed by atoms with Gasteiger partial charge in [-0.1, -0.05) is 25.4 Å². The summed E-state index contributed by atoms with van der Waals surface area (Å²) in [7, 11) is 0. The zero-order valence-corrected chi connectivity index (χ0v) is 18.0.